The summed E-state index contributed by atoms with van der Waals surface area (Å²) in [7, 11) is 1.57. The fourth-order valence-electron chi connectivity index (χ4n) is 2.62. The second-order valence-corrected chi connectivity index (χ2v) is 4.54. The average molecular weight is 245 g/mol. The van der Waals surface area contributed by atoms with E-state index in [4.69, 9.17) is 16.2 Å². The van der Waals surface area contributed by atoms with Crippen LogP contribution in [0.4, 0.5) is 11.4 Å². The van der Waals surface area contributed by atoms with Gasteiger partial charge in [-0.05, 0) is 28.6 Å². The number of benzene rings is 2. The van der Waals surface area contributed by atoms with Crippen molar-refractivity contribution in [2.24, 2.45) is 0 Å². The first-order valence-corrected chi connectivity index (χ1v) is 5.72. The van der Waals surface area contributed by atoms with Gasteiger partial charge in [-0.25, -0.2) is 0 Å². The third-order valence-electron chi connectivity index (χ3n) is 3.41. The van der Waals surface area contributed by atoms with Crippen molar-refractivity contribution >= 4 is 22.1 Å². The standard InChI is InChI=1S/C13H15N3O2/c1-18-10-4-8-6-16(17)5-7-2-3-9(14)12(11(7)8)13(10)15/h2-4,17H,5-6,14-15H2,1H3. The second-order valence-electron chi connectivity index (χ2n) is 4.54. The van der Waals surface area contributed by atoms with E-state index in [2.05, 4.69) is 0 Å². The second kappa shape index (κ2) is 3.76. The quantitative estimate of drug-likeness (QED) is 0.666. The van der Waals surface area contributed by atoms with Crippen LogP contribution in [0.15, 0.2) is 18.2 Å². The summed E-state index contributed by atoms with van der Waals surface area (Å²) in [6.45, 7) is 0.930. The van der Waals surface area contributed by atoms with Crippen LogP contribution in [0.5, 0.6) is 5.75 Å². The van der Waals surface area contributed by atoms with Gasteiger partial charge in [-0.1, -0.05) is 6.07 Å². The topological polar surface area (TPSA) is 84.7 Å². The van der Waals surface area contributed by atoms with E-state index < -0.39 is 0 Å². The molecule has 5 heteroatoms. The van der Waals surface area contributed by atoms with E-state index in [-0.39, 0.29) is 0 Å². The molecule has 94 valence electrons. The lowest BCUT2D eigenvalue weighted by molar-refractivity contribution is -0.109. The average Bonchev–Trinajstić information content (AvgIpc) is 2.35. The summed E-state index contributed by atoms with van der Waals surface area (Å²) in [5.74, 6) is 0.594. The van der Waals surface area contributed by atoms with E-state index in [1.807, 2.05) is 18.2 Å². The number of anilines is 2. The largest absolute Gasteiger partial charge is 0.495 e. The Labute approximate surface area is 105 Å². The molecule has 0 spiro atoms. The SMILES string of the molecule is COc1cc2c3c(ccc(N)c3c1N)CN(O)C2. The molecule has 5 N–H and O–H groups in total. The van der Waals surface area contributed by atoms with E-state index in [1.54, 1.807) is 7.11 Å². The molecule has 0 aliphatic carbocycles. The maximum absolute atomic E-state index is 9.74. The van der Waals surface area contributed by atoms with Crippen LogP contribution in [0.1, 0.15) is 11.1 Å². The van der Waals surface area contributed by atoms with Gasteiger partial charge in [0.1, 0.15) is 5.75 Å². The lowest BCUT2D eigenvalue weighted by Gasteiger charge is -2.26. The molecule has 0 saturated carbocycles. The van der Waals surface area contributed by atoms with Crippen molar-refractivity contribution in [2.75, 3.05) is 18.6 Å². The zero-order chi connectivity index (χ0) is 12.9. The molecule has 0 fully saturated rings. The molecule has 0 atom stereocenters. The molecule has 0 amide bonds. The number of nitrogen functional groups attached to an aromatic ring is 2. The molecule has 1 aliphatic heterocycles. The number of nitrogens with two attached hydrogens (primary N) is 2. The van der Waals surface area contributed by atoms with Crippen LogP contribution >= 0.6 is 0 Å². The summed E-state index contributed by atoms with van der Waals surface area (Å²) in [5, 5.41) is 12.9. The fourth-order valence-corrected chi connectivity index (χ4v) is 2.62. The van der Waals surface area contributed by atoms with Crippen LogP contribution < -0.4 is 16.2 Å². The first-order chi connectivity index (χ1) is 8.61. The van der Waals surface area contributed by atoms with Gasteiger partial charge in [-0.2, -0.15) is 5.06 Å². The van der Waals surface area contributed by atoms with Crippen LogP contribution in [0, 0.1) is 0 Å². The molecular formula is C13H15N3O2. The van der Waals surface area contributed by atoms with Gasteiger partial charge in [0.2, 0.25) is 0 Å². The van der Waals surface area contributed by atoms with Gasteiger partial charge in [-0.3, -0.25) is 0 Å². The highest BCUT2D eigenvalue weighted by molar-refractivity contribution is 6.07. The van der Waals surface area contributed by atoms with Crippen LogP contribution in [0.2, 0.25) is 0 Å². The molecule has 0 unspecified atom stereocenters. The van der Waals surface area contributed by atoms with Crippen molar-refractivity contribution in [1.82, 2.24) is 5.06 Å². The Balaban J connectivity index is 2.45. The molecule has 5 nitrogen and oxygen atoms in total. The van der Waals surface area contributed by atoms with Crippen molar-refractivity contribution in [3.63, 3.8) is 0 Å². The summed E-state index contributed by atoms with van der Waals surface area (Å²) in [6, 6.07) is 5.61. The first-order valence-electron chi connectivity index (χ1n) is 5.72. The Hall–Kier alpha value is -1.98. The van der Waals surface area contributed by atoms with Gasteiger partial charge >= 0.3 is 0 Å². The zero-order valence-electron chi connectivity index (χ0n) is 10.1. The molecule has 2 aromatic carbocycles. The molecule has 3 rings (SSSR count). The van der Waals surface area contributed by atoms with Crippen molar-refractivity contribution in [3.05, 3.63) is 29.3 Å². The van der Waals surface area contributed by atoms with Gasteiger partial charge in [0, 0.05) is 24.2 Å². The highest BCUT2D eigenvalue weighted by atomic mass is 16.5. The summed E-state index contributed by atoms with van der Waals surface area (Å²) in [4.78, 5) is 0. The van der Waals surface area contributed by atoms with Gasteiger partial charge in [-0.15, -0.1) is 0 Å². The Kier molecular flexibility index (Phi) is 2.33. The minimum Gasteiger partial charge on any atom is -0.495 e. The molecule has 1 aliphatic rings. The lowest BCUT2D eigenvalue weighted by atomic mass is 9.93. The predicted octanol–water partition coefficient (Wildman–Crippen LogP) is 1.72. The smallest absolute Gasteiger partial charge is 0.142 e. The first kappa shape index (κ1) is 11.1. The van der Waals surface area contributed by atoms with Crippen molar-refractivity contribution in [1.29, 1.82) is 0 Å². The summed E-state index contributed by atoms with van der Waals surface area (Å²) in [6.07, 6.45) is 0. The number of hydroxylamine groups is 2. The maximum Gasteiger partial charge on any atom is 0.142 e. The van der Waals surface area contributed by atoms with E-state index in [9.17, 15) is 5.21 Å². The highest BCUT2D eigenvalue weighted by Gasteiger charge is 2.21. The van der Waals surface area contributed by atoms with Crippen LogP contribution in [0.25, 0.3) is 10.8 Å². The van der Waals surface area contributed by atoms with Crippen LogP contribution in [0.3, 0.4) is 0 Å². The predicted molar refractivity (Wildman–Crippen MR) is 70.4 cm³/mol. The number of methoxy groups -OCH3 is 1. The lowest BCUT2D eigenvalue weighted by Crippen LogP contribution is -2.23. The fraction of sp³-hybridized carbons (Fsp3) is 0.231. The van der Waals surface area contributed by atoms with Crippen LogP contribution in [-0.4, -0.2) is 17.4 Å². The minimum atomic E-state index is 0.448. The Morgan fingerprint density at radius 3 is 2.61 bits per heavy atom. The Morgan fingerprint density at radius 2 is 1.89 bits per heavy atom. The third kappa shape index (κ3) is 1.41. The minimum absolute atomic E-state index is 0.448. The molecule has 2 aromatic rings. The van der Waals surface area contributed by atoms with Gasteiger partial charge in [0.15, 0.2) is 0 Å². The molecule has 0 aromatic heterocycles. The molecule has 0 saturated heterocycles. The van der Waals surface area contributed by atoms with E-state index in [0.29, 0.717) is 30.2 Å². The summed E-state index contributed by atoms with van der Waals surface area (Å²) < 4.78 is 5.27. The number of nitrogens with zero attached hydrogens (tertiary/aromatic N) is 1. The highest BCUT2D eigenvalue weighted by Crippen LogP contribution is 2.41. The van der Waals surface area contributed by atoms with E-state index >= 15 is 0 Å². The van der Waals surface area contributed by atoms with E-state index in [1.165, 1.54) is 5.06 Å². The van der Waals surface area contributed by atoms with Gasteiger partial charge in [0.25, 0.3) is 0 Å². The van der Waals surface area contributed by atoms with E-state index in [0.717, 1.165) is 21.9 Å². The zero-order valence-corrected chi connectivity index (χ0v) is 10.1. The van der Waals surface area contributed by atoms with Crippen molar-refractivity contribution in [2.45, 2.75) is 13.1 Å². The third-order valence-corrected chi connectivity index (χ3v) is 3.41. The monoisotopic (exact) mass is 245 g/mol. The number of hydrogen-bond acceptors (Lipinski definition) is 5. The normalized spacial score (nSPS) is 15.0. The van der Waals surface area contributed by atoms with Crippen LogP contribution in [-0.2, 0) is 13.1 Å². The van der Waals surface area contributed by atoms with Crippen molar-refractivity contribution in [3.8, 4) is 5.75 Å². The maximum atomic E-state index is 9.74. The summed E-state index contributed by atoms with van der Waals surface area (Å²) in [5.41, 5.74) is 15.3. The Bertz CT molecular complexity index is 640. The Morgan fingerprint density at radius 1 is 1.17 bits per heavy atom. The molecule has 1 heterocycles. The molecular weight excluding hydrogens is 230 g/mol. The van der Waals surface area contributed by atoms with Gasteiger partial charge in [0.05, 0.1) is 12.8 Å². The number of ether oxygens (including phenoxy) is 1. The van der Waals surface area contributed by atoms with Crippen molar-refractivity contribution < 1.29 is 9.94 Å². The summed E-state index contributed by atoms with van der Waals surface area (Å²) >= 11 is 0. The van der Waals surface area contributed by atoms with Gasteiger partial charge < -0.3 is 21.4 Å². The molecule has 18 heavy (non-hydrogen) atoms. The number of rotatable bonds is 1. The molecule has 0 radical (unpaired) electrons. The number of hydrogen-bond donors (Lipinski definition) is 3. The molecule has 0 bridgehead atoms.